The van der Waals surface area contributed by atoms with Crippen molar-refractivity contribution in [2.24, 2.45) is 0 Å². The van der Waals surface area contributed by atoms with Gasteiger partial charge in [0.05, 0.1) is 25.8 Å². The van der Waals surface area contributed by atoms with Crippen LogP contribution in [0.4, 0.5) is 26.3 Å². The third-order valence-corrected chi connectivity index (χ3v) is 6.03. The molecule has 1 N–H and O–H groups in total. The maximum Gasteiger partial charge on any atom is 0.406 e. The molecule has 0 radical (unpaired) electrons. The second-order valence-electron chi connectivity index (χ2n) is 8.24. The number of ether oxygens (including phenoxy) is 2. The van der Waals surface area contributed by atoms with Gasteiger partial charge in [-0.15, -0.1) is 0 Å². The van der Waals surface area contributed by atoms with Gasteiger partial charge in [0.1, 0.15) is 29.6 Å². The summed E-state index contributed by atoms with van der Waals surface area (Å²) in [7, 11) is 1.01. The second kappa shape index (κ2) is 9.48. The lowest BCUT2D eigenvalue weighted by molar-refractivity contribution is -0.153. The maximum atomic E-state index is 13.9. The van der Waals surface area contributed by atoms with Crippen molar-refractivity contribution in [1.29, 1.82) is 0 Å². The molecule has 14 heteroatoms. The fraction of sp³-hybridized carbons (Fsp3) is 0.409. The Bertz CT molecular complexity index is 1260. The summed E-state index contributed by atoms with van der Waals surface area (Å²) in [4.78, 5) is 39.5. The summed E-state index contributed by atoms with van der Waals surface area (Å²) in [6.07, 6.45) is -3.55. The number of alkyl halides is 3. The highest BCUT2D eigenvalue weighted by atomic mass is 19.4. The molecule has 2 amide bonds. The van der Waals surface area contributed by atoms with Gasteiger partial charge in [-0.1, -0.05) is 0 Å². The molecule has 1 aromatic carbocycles. The fourth-order valence-electron chi connectivity index (χ4n) is 4.44. The zero-order chi connectivity index (χ0) is 26.4. The largest absolute Gasteiger partial charge is 0.491 e. The molecule has 2 atom stereocenters. The molecule has 0 bridgehead atoms. The number of aromatic nitrogens is 1. The van der Waals surface area contributed by atoms with Gasteiger partial charge in [-0.3, -0.25) is 14.4 Å². The van der Waals surface area contributed by atoms with Crippen LogP contribution >= 0.6 is 0 Å². The van der Waals surface area contributed by atoms with Gasteiger partial charge in [-0.05, 0) is 6.42 Å². The van der Waals surface area contributed by atoms with Crippen LogP contribution in [0.3, 0.4) is 0 Å². The first kappa shape index (κ1) is 25.5. The first-order valence-corrected chi connectivity index (χ1v) is 10.6. The normalized spacial score (nSPS) is 19.5. The van der Waals surface area contributed by atoms with Crippen molar-refractivity contribution in [3.63, 3.8) is 0 Å². The van der Waals surface area contributed by atoms with E-state index in [1.165, 1.54) is 4.57 Å². The van der Waals surface area contributed by atoms with E-state index in [1.807, 2.05) is 0 Å². The van der Waals surface area contributed by atoms with E-state index in [2.05, 4.69) is 5.32 Å². The van der Waals surface area contributed by atoms with E-state index >= 15 is 0 Å². The number of carbonyl (C=O) groups is 2. The summed E-state index contributed by atoms with van der Waals surface area (Å²) in [5, 5.41) is 2.16. The monoisotopic (exact) mass is 519 g/mol. The van der Waals surface area contributed by atoms with Crippen molar-refractivity contribution in [2.45, 2.75) is 31.2 Å². The van der Waals surface area contributed by atoms with Gasteiger partial charge in [0.25, 0.3) is 11.8 Å². The molecule has 0 saturated carbocycles. The van der Waals surface area contributed by atoms with Crippen molar-refractivity contribution in [3.8, 4) is 5.75 Å². The Kier molecular flexibility index (Phi) is 6.73. The first-order chi connectivity index (χ1) is 16.9. The van der Waals surface area contributed by atoms with Crippen LogP contribution in [0.25, 0.3) is 0 Å². The number of nitrogens with zero attached hydrogens (tertiary/aromatic N) is 2. The Morgan fingerprint density at radius 3 is 2.44 bits per heavy atom. The van der Waals surface area contributed by atoms with E-state index in [0.29, 0.717) is 17.0 Å². The number of benzene rings is 1. The zero-order valence-electron chi connectivity index (χ0n) is 18.6. The number of hydrogen-bond donors (Lipinski definition) is 1. The Balaban J connectivity index is 1.74. The molecule has 1 aromatic heterocycles. The molecule has 2 aliphatic rings. The van der Waals surface area contributed by atoms with E-state index < -0.39 is 88.6 Å². The standard InChI is InChI=1S/C22H19F6N3O5/c1-35-19-17-21(34)31(9-22(26,27)28)16-8-36-3-2-15(16)30(17)7-12(18(19)32)20(33)29-6-11-13(24)4-10(23)5-14(11)25/h4-5,7,15-16H,2-3,6,8-9H2,1H3,(H,29,33)/t15-,16-/m1/s1. The Hall–Kier alpha value is -3.55. The highest BCUT2D eigenvalue weighted by molar-refractivity contribution is 5.99. The van der Waals surface area contributed by atoms with Gasteiger partial charge >= 0.3 is 6.18 Å². The summed E-state index contributed by atoms with van der Waals surface area (Å²) in [6, 6.07) is -0.969. The van der Waals surface area contributed by atoms with E-state index in [0.717, 1.165) is 13.3 Å². The number of halogens is 6. The summed E-state index contributed by atoms with van der Waals surface area (Å²) in [5.74, 6) is -6.54. The number of hydrogen-bond acceptors (Lipinski definition) is 5. The SMILES string of the molecule is COc1c2n(cc(C(=O)NCc3c(F)cc(F)cc3F)c1=O)[C@@H]1CCOC[C@H]1N(CC(F)(F)F)C2=O. The fourth-order valence-corrected chi connectivity index (χ4v) is 4.44. The maximum absolute atomic E-state index is 13.9. The van der Waals surface area contributed by atoms with Crippen molar-refractivity contribution in [1.82, 2.24) is 14.8 Å². The second-order valence-corrected chi connectivity index (χ2v) is 8.24. The van der Waals surface area contributed by atoms with Crippen LogP contribution in [0.5, 0.6) is 5.75 Å². The van der Waals surface area contributed by atoms with Crippen molar-refractivity contribution in [3.05, 3.63) is 62.8 Å². The Morgan fingerprint density at radius 1 is 1.17 bits per heavy atom. The predicted octanol–water partition coefficient (Wildman–Crippen LogP) is 2.55. The molecule has 2 aliphatic heterocycles. The summed E-state index contributed by atoms with van der Waals surface area (Å²) < 4.78 is 92.2. The molecule has 2 aromatic rings. The van der Waals surface area contributed by atoms with Gasteiger partial charge in [0, 0.05) is 37.0 Å². The number of amides is 2. The van der Waals surface area contributed by atoms with Crippen molar-refractivity contribution < 1.29 is 45.4 Å². The van der Waals surface area contributed by atoms with Crippen LogP contribution in [0.15, 0.2) is 23.1 Å². The Morgan fingerprint density at radius 2 is 1.83 bits per heavy atom. The molecule has 0 aliphatic carbocycles. The van der Waals surface area contributed by atoms with E-state index in [-0.39, 0.29) is 19.6 Å². The number of pyridine rings is 1. The number of carbonyl (C=O) groups excluding carboxylic acids is 2. The van der Waals surface area contributed by atoms with Crippen LogP contribution in [0, 0.1) is 17.5 Å². The minimum absolute atomic E-state index is 0.147. The molecule has 1 fully saturated rings. The molecule has 4 rings (SSSR count). The van der Waals surface area contributed by atoms with Gasteiger partial charge in [-0.2, -0.15) is 13.2 Å². The van der Waals surface area contributed by atoms with Gasteiger partial charge in [0.15, 0.2) is 11.4 Å². The molecule has 36 heavy (non-hydrogen) atoms. The minimum Gasteiger partial charge on any atom is -0.491 e. The van der Waals surface area contributed by atoms with E-state index in [9.17, 15) is 40.7 Å². The van der Waals surface area contributed by atoms with Gasteiger partial charge in [-0.25, -0.2) is 13.2 Å². The predicted molar refractivity (Wildman–Crippen MR) is 110 cm³/mol. The number of nitrogens with one attached hydrogen (secondary N) is 1. The molecule has 194 valence electrons. The molecular weight excluding hydrogens is 500 g/mol. The molecule has 0 spiro atoms. The van der Waals surface area contributed by atoms with Crippen LogP contribution < -0.4 is 15.5 Å². The summed E-state index contributed by atoms with van der Waals surface area (Å²) >= 11 is 0. The lowest BCUT2D eigenvalue weighted by Gasteiger charge is -2.45. The first-order valence-electron chi connectivity index (χ1n) is 10.6. The van der Waals surface area contributed by atoms with Crippen molar-refractivity contribution in [2.75, 3.05) is 26.9 Å². The van der Waals surface area contributed by atoms with Gasteiger partial charge in [0.2, 0.25) is 5.43 Å². The molecule has 8 nitrogen and oxygen atoms in total. The van der Waals surface area contributed by atoms with Crippen LogP contribution in [-0.2, 0) is 11.3 Å². The smallest absolute Gasteiger partial charge is 0.406 e. The average Bonchev–Trinajstić information content (AvgIpc) is 2.79. The highest BCUT2D eigenvalue weighted by Crippen LogP contribution is 2.37. The molecule has 3 heterocycles. The van der Waals surface area contributed by atoms with Crippen LogP contribution in [-0.4, -0.2) is 60.4 Å². The van der Waals surface area contributed by atoms with Gasteiger partial charge < -0.3 is 24.3 Å². The average molecular weight is 519 g/mol. The molecule has 0 unspecified atom stereocenters. The molecule has 1 saturated heterocycles. The molecular formula is C22H19F6N3O5. The zero-order valence-corrected chi connectivity index (χ0v) is 18.6. The third kappa shape index (κ3) is 4.64. The van der Waals surface area contributed by atoms with E-state index in [4.69, 9.17) is 9.47 Å². The van der Waals surface area contributed by atoms with Crippen LogP contribution in [0.2, 0.25) is 0 Å². The number of fused-ring (bicyclic) bond motifs is 3. The summed E-state index contributed by atoms with van der Waals surface area (Å²) in [5.41, 5.74) is -2.78. The summed E-state index contributed by atoms with van der Waals surface area (Å²) in [6.45, 7) is -2.37. The van der Waals surface area contributed by atoms with Crippen molar-refractivity contribution >= 4 is 11.8 Å². The highest BCUT2D eigenvalue weighted by Gasteiger charge is 2.47. The lowest BCUT2D eigenvalue weighted by Crippen LogP contribution is -2.58. The minimum atomic E-state index is -4.72. The number of rotatable bonds is 5. The van der Waals surface area contributed by atoms with Crippen LogP contribution in [0.1, 0.15) is 38.9 Å². The topological polar surface area (TPSA) is 89.9 Å². The number of methoxy groups -OCH3 is 1. The Labute approximate surface area is 199 Å². The quantitative estimate of drug-likeness (QED) is 0.614. The lowest BCUT2D eigenvalue weighted by atomic mass is 9.95. The van der Waals surface area contributed by atoms with E-state index in [1.54, 1.807) is 0 Å². The third-order valence-electron chi connectivity index (χ3n) is 6.03.